The zero-order valence-electron chi connectivity index (χ0n) is 6.23. The highest BCUT2D eigenvalue weighted by molar-refractivity contribution is 7.12. The SMILES string of the molecule is N#C[C@@H]1CC(c2cccs2)=NO1. The van der Waals surface area contributed by atoms with Crippen LogP contribution in [0.2, 0.25) is 0 Å². The largest absolute Gasteiger partial charge is 0.376 e. The van der Waals surface area contributed by atoms with Gasteiger partial charge in [0.15, 0.2) is 0 Å². The first kappa shape index (κ1) is 7.32. The van der Waals surface area contributed by atoms with Crippen molar-refractivity contribution in [2.24, 2.45) is 5.16 Å². The van der Waals surface area contributed by atoms with Gasteiger partial charge in [0, 0.05) is 6.42 Å². The third-order valence-electron chi connectivity index (χ3n) is 1.62. The lowest BCUT2D eigenvalue weighted by molar-refractivity contribution is 0.125. The van der Waals surface area contributed by atoms with Crippen LogP contribution in [0.15, 0.2) is 22.7 Å². The second-order valence-corrected chi connectivity index (χ2v) is 3.39. The first-order valence-electron chi connectivity index (χ1n) is 3.56. The molecule has 1 aromatic rings. The summed E-state index contributed by atoms with van der Waals surface area (Å²) in [5.41, 5.74) is 0.886. The van der Waals surface area contributed by atoms with E-state index in [-0.39, 0.29) is 6.10 Å². The summed E-state index contributed by atoms with van der Waals surface area (Å²) in [7, 11) is 0. The lowest BCUT2D eigenvalue weighted by Gasteiger charge is -1.92. The van der Waals surface area contributed by atoms with Gasteiger partial charge in [-0.15, -0.1) is 11.3 Å². The molecule has 0 bridgehead atoms. The molecule has 2 heterocycles. The molecular formula is C8H6N2OS. The van der Waals surface area contributed by atoms with Gasteiger partial charge in [0.25, 0.3) is 0 Å². The highest BCUT2D eigenvalue weighted by atomic mass is 32.1. The molecule has 0 saturated heterocycles. The Bertz CT molecular complexity index is 336. The molecule has 0 amide bonds. The minimum absolute atomic E-state index is 0.387. The van der Waals surface area contributed by atoms with E-state index in [4.69, 9.17) is 10.1 Å². The molecule has 0 N–H and O–H groups in total. The third kappa shape index (κ3) is 1.19. The van der Waals surface area contributed by atoms with Gasteiger partial charge in [-0.25, -0.2) is 0 Å². The lowest BCUT2D eigenvalue weighted by Crippen LogP contribution is -2.03. The Morgan fingerprint density at radius 1 is 1.75 bits per heavy atom. The molecule has 2 rings (SSSR count). The number of oxime groups is 1. The minimum Gasteiger partial charge on any atom is -0.376 e. The molecule has 0 fully saturated rings. The van der Waals surface area contributed by atoms with Gasteiger partial charge in [0.05, 0.1) is 4.88 Å². The van der Waals surface area contributed by atoms with Gasteiger partial charge in [-0.05, 0) is 11.4 Å². The van der Waals surface area contributed by atoms with Crippen LogP contribution in [0.1, 0.15) is 11.3 Å². The van der Waals surface area contributed by atoms with E-state index in [9.17, 15) is 0 Å². The zero-order valence-corrected chi connectivity index (χ0v) is 7.04. The first-order valence-corrected chi connectivity index (χ1v) is 4.44. The van der Waals surface area contributed by atoms with Crippen LogP contribution in [0.3, 0.4) is 0 Å². The maximum absolute atomic E-state index is 8.54. The molecule has 0 radical (unpaired) electrons. The average molecular weight is 178 g/mol. The number of thiophene rings is 1. The van der Waals surface area contributed by atoms with Crippen LogP contribution in [0, 0.1) is 11.3 Å². The van der Waals surface area contributed by atoms with E-state index >= 15 is 0 Å². The normalized spacial score (nSPS) is 21.2. The zero-order chi connectivity index (χ0) is 8.39. The topological polar surface area (TPSA) is 45.4 Å². The molecule has 0 aliphatic carbocycles. The lowest BCUT2D eigenvalue weighted by atomic mass is 10.2. The number of hydrogen-bond acceptors (Lipinski definition) is 4. The van der Waals surface area contributed by atoms with Crippen LogP contribution in [0.4, 0.5) is 0 Å². The van der Waals surface area contributed by atoms with Crippen LogP contribution in [0.5, 0.6) is 0 Å². The number of nitriles is 1. The van der Waals surface area contributed by atoms with Crippen molar-refractivity contribution in [1.82, 2.24) is 0 Å². The molecule has 0 aromatic carbocycles. The fourth-order valence-corrected chi connectivity index (χ4v) is 1.75. The second-order valence-electron chi connectivity index (χ2n) is 2.44. The standard InChI is InChI=1S/C8H6N2OS/c9-5-6-4-7(10-11-6)8-2-1-3-12-8/h1-3,6H,4H2/t6-/m0/s1. The summed E-state index contributed by atoms with van der Waals surface area (Å²) in [6.07, 6.45) is 0.221. The second kappa shape index (κ2) is 2.95. The molecule has 60 valence electrons. The molecule has 1 aromatic heterocycles. The Hall–Kier alpha value is -1.34. The van der Waals surface area contributed by atoms with Gasteiger partial charge in [-0.1, -0.05) is 11.2 Å². The van der Waals surface area contributed by atoms with Crippen molar-refractivity contribution < 1.29 is 4.84 Å². The van der Waals surface area contributed by atoms with E-state index in [2.05, 4.69) is 5.16 Å². The Labute approximate surface area is 73.9 Å². The van der Waals surface area contributed by atoms with Gasteiger partial charge >= 0.3 is 0 Å². The summed E-state index contributed by atoms with van der Waals surface area (Å²) in [6, 6.07) is 5.96. The van der Waals surface area contributed by atoms with E-state index in [0.717, 1.165) is 10.6 Å². The predicted molar refractivity (Wildman–Crippen MR) is 46.0 cm³/mol. The Morgan fingerprint density at radius 3 is 3.25 bits per heavy atom. The summed E-state index contributed by atoms with van der Waals surface area (Å²) in [6.45, 7) is 0. The van der Waals surface area contributed by atoms with E-state index < -0.39 is 0 Å². The summed E-state index contributed by atoms with van der Waals surface area (Å²) in [4.78, 5) is 5.96. The van der Waals surface area contributed by atoms with Gasteiger partial charge in [-0.3, -0.25) is 0 Å². The molecule has 4 heteroatoms. The van der Waals surface area contributed by atoms with Crippen molar-refractivity contribution in [1.29, 1.82) is 5.26 Å². The molecular weight excluding hydrogens is 172 g/mol. The molecule has 0 unspecified atom stereocenters. The highest BCUT2D eigenvalue weighted by Gasteiger charge is 2.21. The number of rotatable bonds is 1. The van der Waals surface area contributed by atoms with Crippen molar-refractivity contribution >= 4 is 17.0 Å². The summed E-state index contributed by atoms with van der Waals surface area (Å²) in [5.74, 6) is 0. The molecule has 12 heavy (non-hydrogen) atoms. The van der Waals surface area contributed by atoms with E-state index in [0.29, 0.717) is 6.42 Å². The van der Waals surface area contributed by atoms with Crippen LogP contribution in [-0.4, -0.2) is 11.8 Å². The van der Waals surface area contributed by atoms with E-state index in [1.54, 1.807) is 11.3 Å². The van der Waals surface area contributed by atoms with Crippen molar-refractivity contribution in [3.8, 4) is 6.07 Å². The first-order chi connectivity index (χ1) is 5.90. The van der Waals surface area contributed by atoms with Crippen molar-refractivity contribution in [3.05, 3.63) is 22.4 Å². The number of nitrogens with zero attached hydrogens (tertiary/aromatic N) is 2. The van der Waals surface area contributed by atoms with Crippen molar-refractivity contribution in [2.75, 3.05) is 0 Å². The van der Waals surface area contributed by atoms with Crippen LogP contribution >= 0.6 is 11.3 Å². The van der Waals surface area contributed by atoms with Gasteiger partial charge < -0.3 is 4.84 Å². The maximum atomic E-state index is 8.54. The van der Waals surface area contributed by atoms with Crippen LogP contribution in [-0.2, 0) is 4.84 Å². The Balaban J connectivity index is 2.15. The molecule has 0 spiro atoms. The third-order valence-corrected chi connectivity index (χ3v) is 2.54. The summed E-state index contributed by atoms with van der Waals surface area (Å²) in [5, 5.41) is 14.4. The number of hydrogen-bond donors (Lipinski definition) is 0. The minimum atomic E-state index is -0.387. The van der Waals surface area contributed by atoms with Crippen LogP contribution in [0.25, 0.3) is 0 Å². The predicted octanol–water partition coefficient (Wildman–Crippen LogP) is 1.76. The van der Waals surface area contributed by atoms with Gasteiger partial charge in [0.1, 0.15) is 11.8 Å². The molecule has 1 atom stereocenters. The Kier molecular flexibility index (Phi) is 1.80. The molecule has 3 nitrogen and oxygen atoms in total. The molecule has 1 aliphatic rings. The van der Waals surface area contributed by atoms with Crippen LogP contribution < -0.4 is 0 Å². The summed E-state index contributed by atoms with van der Waals surface area (Å²) >= 11 is 1.61. The Morgan fingerprint density at radius 2 is 2.67 bits per heavy atom. The fraction of sp³-hybridized carbons (Fsp3) is 0.250. The quantitative estimate of drug-likeness (QED) is 0.657. The monoisotopic (exact) mass is 178 g/mol. The smallest absolute Gasteiger partial charge is 0.218 e. The van der Waals surface area contributed by atoms with Crippen molar-refractivity contribution in [3.63, 3.8) is 0 Å². The summed E-state index contributed by atoms with van der Waals surface area (Å²) < 4.78 is 0. The van der Waals surface area contributed by atoms with E-state index in [1.807, 2.05) is 23.6 Å². The van der Waals surface area contributed by atoms with E-state index in [1.165, 1.54) is 0 Å². The molecule has 1 aliphatic heterocycles. The van der Waals surface area contributed by atoms with Gasteiger partial charge in [0.2, 0.25) is 6.10 Å². The van der Waals surface area contributed by atoms with Crippen molar-refractivity contribution in [2.45, 2.75) is 12.5 Å². The maximum Gasteiger partial charge on any atom is 0.218 e. The fourth-order valence-electron chi connectivity index (χ4n) is 1.03. The highest BCUT2D eigenvalue weighted by Crippen LogP contribution is 2.19. The van der Waals surface area contributed by atoms with Gasteiger partial charge in [-0.2, -0.15) is 5.26 Å². The molecule has 0 saturated carbocycles. The average Bonchev–Trinajstić information content (AvgIpc) is 2.75.